The Hall–Kier alpha value is -0.870. The molecule has 1 aromatic rings. The lowest BCUT2D eigenvalue weighted by atomic mass is 9.94. The zero-order valence-electron chi connectivity index (χ0n) is 11.9. The van der Waals surface area contributed by atoms with Crippen molar-refractivity contribution in [3.8, 4) is 5.88 Å². The van der Waals surface area contributed by atoms with E-state index in [2.05, 4.69) is 35.6 Å². The highest BCUT2D eigenvalue weighted by Crippen LogP contribution is 2.24. The van der Waals surface area contributed by atoms with Crippen molar-refractivity contribution < 1.29 is 4.74 Å². The van der Waals surface area contributed by atoms with Crippen molar-refractivity contribution in [3.05, 3.63) is 17.5 Å². The normalized spacial score (nSPS) is 18.5. The Morgan fingerprint density at radius 1 is 1.32 bits per heavy atom. The van der Waals surface area contributed by atoms with E-state index in [9.17, 15) is 0 Å². The molecule has 0 saturated carbocycles. The first-order valence-corrected chi connectivity index (χ1v) is 7.18. The molecule has 1 aliphatic heterocycles. The molecule has 0 amide bonds. The van der Waals surface area contributed by atoms with E-state index in [1.54, 1.807) is 6.07 Å². The van der Waals surface area contributed by atoms with Crippen LogP contribution < -0.4 is 4.74 Å². The van der Waals surface area contributed by atoms with E-state index in [1.165, 1.54) is 19.2 Å². The maximum atomic E-state index is 5.80. The van der Waals surface area contributed by atoms with Gasteiger partial charge < -0.3 is 4.74 Å². The first-order chi connectivity index (χ1) is 8.95. The summed E-state index contributed by atoms with van der Waals surface area (Å²) in [5.74, 6) is 1.17. The monoisotopic (exact) mass is 283 g/mol. The number of piperidine rings is 1. The molecule has 1 fully saturated rings. The van der Waals surface area contributed by atoms with E-state index in [0.717, 1.165) is 13.1 Å². The topological polar surface area (TPSA) is 38.2 Å². The van der Waals surface area contributed by atoms with Crippen LogP contribution in [0.25, 0.3) is 0 Å². The molecule has 0 spiro atoms. The van der Waals surface area contributed by atoms with Crippen LogP contribution in [0, 0.1) is 5.92 Å². The van der Waals surface area contributed by atoms with Gasteiger partial charge in [0.2, 0.25) is 5.88 Å². The molecule has 4 nitrogen and oxygen atoms in total. The lowest BCUT2D eigenvalue weighted by Gasteiger charge is -2.40. The molecule has 5 heteroatoms. The van der Waals surface area contributed by atoms with Gasteiger partial charge in [0, 0.05) is 11.6 Å². The smallest absolute Gasteiger partial charge is 0.217 e. The SMILES string of the molecule is CC(C)(C)N1CCC(COc2cc(Cl)ncn2)CC1. The molecule has 1 aliphatic rings. The van der Waals surface area contributed by atoms with E-state index < -0.39 is 0 Å². The van der Waals surface area contributed by atoms with Crippen molar-refractivity contribution in [1.29, 1.82) is 0 Å². The van der Waals surface area contributed by atoms with Crippen molar-refractivity contribution >= 4 is 11.6 Å². The summed E-state index contributed by atoms with van der Waals surface area (Å²) in [4.78, 5) is 10.4. The molecule has 0 bridgehead atoms. The fourth-order valence-electron chi connectivity index (χ4n) is 2.37. The Morgan fingerprint density at radius 3 is 2.58 bits per heavy atom. The second-order valence-electron chi connectivity index (χ2n) is 6.09. The van der Waals surface area contributed by atoms with Crippen LogP contribution in [-0.4, -0.2) is 40.1 Å². The summed E-state index contributed by atoms with van der Waals surface area (Å²) in [7, 11) is 0. The van der Waals surface area contributed by atoms with Gasteiger partial charge >= 0.3 is 0 Å². The quantitative estimate of drug-likeness (QED) is 0.799. The number of rotatable bonds is 3. The van der Waals surface area contributed by atoms with E-state index in [0.29, 0.717) is 23.6 Å². The molecule has 0 aromatic carbocycles. The van der Waals surface area contributed by atoms with Gasteiger partial charge in [-0.3, -0.25) is 4.90 Å². The number of hydrogen-bond acceptors (Lipinski definition) is 4. The Kier molecular flexibility index (Phi) is 4.63. The Morgan fingerprint density at radius 2 is 2.00 bits per heavy atom. The molecular formula is C14H22ClN3O. The van der Waals surface area contributed by atoms with Gasteiger partial charge in [-0.25, -0.2) is 9.97 Å². The molecule has 0 radical (unpaired) electrons. The number of hydrogen-bond donors (Lipinski definition) is 0. The molecule has 0 aliphatic carbocycles. The summed E-state index contributed by atoms with van der Waals surface area (Å²) in [6.07, 6.45) is 3.78. The third kappa shape index (κ3) is 4.32. The summed E-state index contributed by atoms with van der Waals surface area (Å²) >= 11 is 5.80. The van der Waals surface area contributed by atoms with Crippen molar-refractivity contribution in [3.63, 3.8) is 0 Å². The van der Waals surface area contributed by atoms with Gasteiger partial charge in [-0.15, -0.1) is 0 Å². The highest BCUT2D eigenvalue weighted by Gasteiger charge is 2.27. The lowest BCUT2D eigenvalue weighted by molar-refractivity contribution is 0.0713. The minimum Gasteiger partial charge on any atom is -0.477 e. The minimum atomic E-state index is 0.270. The van der Waals surface area contributed by atoms with Crippen molar-refractivity contribution in [2.75, 3.05) is 19.7 Å². The van der Waals surface area contributed by atoms with Gasteiger partial charge in [0.05, 0.1) is 6.61 Å². The van der Waals surface area contributed by atoms with Gasteiger partial charge in [0.1, 0.15) is 11.5 Å². The summed E-state index contributed by atoms with van der Waals surface area (Å²) in [6.45, 7) is 9.81. The maximum Gasteiger partial charge on any atom is 0.217 e. The first kappa shape index (κ1) is 14.5. The van der Waals surface area contributed by atoms with Crippen LogP contribution in [-0.2, 0) is 0 Å². The summed E-state index contributed by atoms with van der Waals surface area (Å²) < 4.78 is 5.69. The second-order valence-corrected chi connectivity index (χ2v) is 6.48. The van der Waals surface area contributed by atoms with Crippen LogP contribution in [0.4, 0.5) is 0 Å². The molecule has 0 N–H and O–H groups in total. The average molecular weight is 284 g/mol. The van der Waals surface area contributed by atoms with Gasteiger partial charge in [-0.1, -0.05) is 11.6 Å². The van der Waals surface area contributed by atoms with Crippen LogP contribution >= 0.6 is 11.6 Å². The summed E-state index contributed by atoms with van der Waals surface area (Å²) in [6, 6.07) is 1.66. The maximum absolute atomic E-state index is 5.80. The molecule has 1 aromatic heterocycles. The largest absolute Gasteiger partial charge is 0.477 e. The van der Waals surface area contributed by atoms with E-state index in [-0.39, 0.29) is 5.54 Å². The second kappa shape index (κ2) is 6.06. The van der Waals surface area contributed by atoms with Crippen LogP contribution in [0.1, 0.15) is 33.6 Å². The van der Waals surface area contributed by atoms with E-state index in [4.69, 9.17) is 16.3 Å². The van der Waals surface area contributed by atoms with Gasteiger partial charge in [-0.2, -0.15) is 0 Å². The molecule has 1 saturated heterocycles. The van der Waals surface area contributed by atoms with Gasteiger partial charge in [0.25, 0.3) is 0 Å². The van der Waals surface area contributed by atoms with E-state index >= 15 is 0 Å². The Labute approximate surface area is 120 Å². The molecule has 106 valence electrons. The van der Waals surface area contributed by atoms with E-state index in [1.807, 2.05) is 0 Å². The zero-order valence-corrected chi connectivity index (χ0v) is 12.7. The average Bonchev–Trinajstić information content (AvgIpc) is 2.36. The number of likely N-dealkylation sites (tertiary alicyclic amines) is 1. The van der Waals surface area contributed by atoms with Gasteiger partial charge in [-0.05, 0) is 52.6 Å². The third-order valence-electron chi connectivity index (χ3n) is 3.64. The van der Waals surface area contributed by atoms with Crippen molar-refractivity contribution in [1.82, 2.24) is 14.9 Å². The molecule has 2 rings (SSSR count). The minimum absolute atomic E-state index is 0.270. The number of halogens is 1. The third-order valence-corrected chi connectivity index (χ3v) is 3.85. The van der Waals surface area contributed by atoms with Crippen LogP contribution in [0.2, 0.25) is 5.15 Å². The first-order valence-electron chi connectivity index (χ1n) is 6.80. The fourth-order valence-corrected chi connectivity index (χ4v) is 2.51. The molecule has 0 unspecified atom stereocenters. The molecule has 0 atom stereocenters. The molecule has 2 heterocycles. The summed E-state index contributed by atoms with van der Waals surface area (Å²) in [5, 5.41) is 0.424. The van der Waals surface area contributed by atoms with Crippen LogP contribution in [0.3, 0.4) is 0 Å². The zero-order chi connectivity index (χ0) is 13.9. The number of aromatic nitrogens is 2. The van der Waals surface area contributed by atoms with Crippen LogP contribution in [0.15, 0.2) is 12.4 Å². The predicted molar refractivity (Wildman–Crippen MR) is 76.6 cm³/mol. The highest BCUT2D eigenvalue weighted by atomic mass is 35.5. The van der Waals surface area contributed by atoms with Crippen LogP contribution in [0.5, 0.6) is 5.88 Å². The highest BCUT2D eigenvalue weighted by molar-refractivity contribution is 6.29. The fraction of sp³-hybridized carbons (Fsp3) is 0.714. The predicted octanol–water partition coefficient (Wildman–Crippen LogP) is 3.02. The van der Waals surface area contributed by atoms with Crippen molar-refractivity contribution in [2.45, 2.75) is 39.2 Å². The number of nitrogens with zero attached hydrogens (tertiary/aromatic N) is 3. The lowest BCUT2D eigenvalue weighted by Crippen LogP contribution is -2.46. The van der Waals surface area contributed by atoms with Gasteiger partial charge in [0.15, 0.2) is 0 Å². The Bertz CT molecular complexity index is 411. The molecular weight excluding hydrogens is 262 g/mol. The standard InChI is InChI=1S/C14H22ClN3O/c1-14(2,3)18-6-4-11(5-7-18)9-19-13-8-12(15)16-10-17-13/h8,10-11H,4-7,9H2,1-3H3. The summed E-state index contributed by atoms with van der Waals surface area (Å²) in [5.41, 5.74) is 0.270. The van der Waals surface area contributed by atoms with Crippen molar-refractivity contribution in [2.24, 2.45) is 5.92 Å². The number of ether oxygens (including phenoxy) is 1. The molecule has 19 heavy (non-hydrogen) atoms. The Balaban J connectivity index is 1.77.